The minimum Gasteiger partial charge on any atom is -0.507 e. The fourth-order valence-electron chi connectivity index (χ4n) is 2.52. The van der Waals surface area contributed by atoms with Crippen LogP contribution in [0.15, 0.2) is 12.1 Å². The van der Waals surface area contributed by atoms with E-state index in [9.17, 15) is 9.90 Å². The number of likely N-dealkylation sites (N-methyl/N-ethyl adjacent to an activating group) is 1. The average molecular weight is 279 g/mol. The number of ether oxygens (including phenoxy) is 1. The van der Waals surface area contributed by atoms with Gasteiger partial charge in [0.15, 0.2) is 6.54 Å². The van der Waals surface area contributed by atoms with E-state index >= 15 is 0 Å². The van der Waals surface area contributed by atoms with Crippen molar-refractivity contribution in [3.05, 3.63) is 23.3 Å². The second-order valence-corrected chi connectivity index (χ2v) is 5.84. The Morgan fingerprint density at radius 3 is 2.40 bits per heavy atom. The van der Waals surface area contributed by atoms with E-state index in [4.69, 9.17) is 4.74 Å². The minimum atomic E-state index is -0.00103. The summed E-state index contributed by atoms with van der Waals surface area (Å²) in [6.45, 7) is 7.24. The fourth-order valence-corrected chi connectivity index (χ4v) is 2.52. The largest absolute Gasteiger partial charge is 0.507 e. The molecule has 1 aliphatic rings. The van der Waals surface area contributed by atoms with Crippen LogP contribution in [0.1, 0.15) is 11.1 Å². The normalized spacial score (nSPS) is 17.8. The molecule has 0 saturated carbocycles. The van der Waals surface area contributed by atoms with Crippen LogP contribution in [0.3, 0.4) is 0 Å². The van der Waals surface area contributed by atoms with E-state index in [1.54, 1.807) is 12.1 Å². The third-order valence-corrected chi connectivity index (χ3v) is 3.85. The zero-order valence-corrected chi connectivity index (χ0v) is 12.4. The predicted molar refractivity (Wildman–Crippen MR) is 77.8 cm³/mol. The molecule has 0 radical (unpaired) electrons. The number of aryl methyl sites for hydroxylation is 2. The number of morpholine rings is 1. The Morgan fingerprint density at radius 1 is 1.30 bits per heavy atom. The molecule has 20 heavy (non-hydrogen) atoms. The van der Waals surface area contributed by atoms with Crippen molar-refractivity contribution in [2.24, 2.45) is 0 Å². The van der Waals surface area contributed by atoms with Crippen molar-refractivity contribution in [2.75, 3.05) is 45.2 Å². The Hall–Kier alpha value is -1.59. The van der Waals surface area contributed by atoms with E-state index < -0.39 is 0 Å². The van der Waals surface area contributed by atoms with Crippen molar-refractivity contribution < 1.29 is 19.1 Å². The van der Waals surface area contributed by atoms with Gasteiger partial charge in [-0.25, -0.2) is 0 Å². The summed E-state index contributed by atoms with van der Waals surface area (Å²) < 4.78 is 6.04. The van der Waals surface area contributed by atoms with Gasteiger partial charge in [0.1, 0.15) is 18.8 Å². The van der Waals surface area contributed by atoms with Crippen molar-refractivity contribution in [1.82, 2.24) is 0 Å². The van der Waals surface area contributed by atoms with E-state index in [1.807, 2.05) is 13.8 Å². The maximum Gasteiger partial charge on any atom is 0.279 e. The van der Waals surface area contributed by atoms with Crippen molar-refractivity contribution >= 4 is 11.6 Å². The van der Waals surface area contributed by atoms with Crippen LogP contribution in [0, 0.1) is 13.8 Å². The van der Waals surface area contributed by atoms with Crippen molar-refractivity contribution in [2.45, 2.75) is 13.8 Å². The molecule has 0 bridgehead atoms. The van der Waals surface area contributed by atoms with Crippen LogP contribution in [0.5, 0.6) is 5.75 Å². The Balaban J connectivity index is 2.01. The molecule has 1 heterocycles. The van der Waals surface area contributed by atoms with E-state index in [0.717, 1.165) is 29.9 Å². The van der Waals surface area contributed by atoms with Gasteiger partial charge in [0.05, 0.1) is 20.3 Å². The number of rotatable bonds is 3. The van der Waals surface area contributed by atoms with E-state index in [-0.39, 0.29) is 11.7 Å². The van der Waals surface area contributed by atoms with Crippen LogP contribution in [-0.2, 0) is 9.53 Å². The van der Waals surface area contributed by atoms with Crippen LogP contribution in [-0.4, -0.2) is 55.4 Å². The van der Waals surface area contributed by atoms with Gasteiger partial charge in [-0.05, 0) is 37.1 Å². The highest BCUT2D eigenvalue weighted by Gasteiger charge is 2.28. The lowest BCUT2D eigenvalue weighted by atomic mass is 10.1. The zero-order chi connectivity index (χ0) is 14.8. The topological polar surface area (TPSA) is 58.6 Å². The fraction of sp³-hybridized carbons (Fsp3) is 0.533. The smallest absolute Gasteiger partial charge is 0.279 e. The molecule has 0 aromatic heterocycles. The molecule has 2 N–H and O–H groups in total. The van der Waals surface area contributed by atoms with Crippen LogP contribution >= 0.6 is 0 Å². The number of anilines is 1. The van der Waals surface area contributed by atoms with Crippen molar-refractivity contribution in [3.8, 4) is 5.75 Å². The van der Waals surface area contributed by atoms with Gasteiger partial charge in [-0.15, -0.1) is 0 Å². The highest BCUT2D eigenvalue weighted by molar-refractivity contribution is 5.92. The van der Waals surface area contributed by atoms with Gasteiger partial charge in [-0.1, -0.05) is 0 Å². The van der Waals surface area contributed by atoms with E-state index in [0.29, 0.717) is 24.2 Å². The second kappa shape index (κ2) is 5.81. The lowest BCUT2D eigenvalue weighted by Crippen LogP contribution is -2.55. The summed E-state index contributed by atoms with van der Waals surface area (Å²) >= 11 is 0. The van der Waals surface area contributed by atoms with Gasteiger partial charge in [-0.2, -0.15) is 0 Å². The Morgan fingerprint density at radius 2 is 1.85 bits per heavy atom. The number of hydrogen-bond donors (Lipinski definition) is 2. The number of nitrogens with zero attached hydrogens (tertiary/aromatic N) is 1. The first-order chi connectivity index (χ1) is 9.39. The molecule has 1 aromatic rings. The third-order valence-electron chi connectivity index (χ3n) is 3.85. The monoisotopic (exact) mass is 279 g/mol. The summed E-state index contributed by atoms with van der Waals surface area (Å²) in [6.07, 6.45) is 0. The third kappa shape index (κ3) is 3.49. The lowest BCUT2D eigenvalue weighted by Gasteiger charge is -2.36. The molecule has 0 atom stereocenters. The SMILES string of the molecule is Cc1cc(NC(=O)C[N+]2(C)CCOCC2)cc(C)c1O. The van der Waals surface area contributed by atoms with Gasteiger partial charge >= 0.3 is 0 Å². The summed E-state index contributed by atoms with van der Waals surface area (Å²) in [7, 11) is 2.08. The molecule has 2 rings (SSSR count). The summed E-state index contributed by atoms with van der Waals surface area (Å²) in [5.41, 5.74) is 2.28. The molecule has 5 nitrogen and oxygen atoms in total. The molecule has 1 fully saturated rings. The highest BCUT2D eigenvalue weighted by atomic mass is 16.5. The van der Waals surface area contributed by atoms with Crippen molar-refractivity contribution in [3.63, 3.8) is 0 Å². The molecular formula is C15H23N2O3+. The molecule has 5 heteroatoms. The summed E-state index contributed by atoms with van der Waals surface area (Å²) in [4.78, 5) is 12.2. The summed E-state index contributed by atoms with van der Waals surface area (Å²) in [5.74, 6) is 0.286. The maximum absolute atomic E-state index is 12.2. The Kier molecular flexibility index (Phi) is 4.30. The average Bonchev–Trinajstić information content (AvgIpc) is 2.35. The molecule has 0 spiro atoms. The Bertz CT molecular complexity index is 485. The van der Waals surface area contributed by atoms with E-state index in [1.165, 1.54) is 0 Å². The van der Waals surface area contributed by atoms with Crippen molar-refractivity contribution in [1.29, 1.82) is 0 Å². The maximum atomic E-state index is 12.2. The van der Waals surface area contributed by atoms with Crippen LogP contribution in [0.25, 0.3) is 0 Å². The highest BCUT2D eigenvalue weighted by Crippen LogP contribution is 2.25. The molecule has 1 aliphatic heterocycles. The summed E-state index contributed by atoms with van der Waals surface area (Å²) in [5, 5.41) is 12.7. The molecule has 0 unspecified atom stereocenters. The lowest BCUT2D eigenvalue weighted by molar-refractivity contribution is -0.909. The van der Waals surface area contributed by atoms with Gasteiger partial charge in [0, 0.05) is 5.69 Å². The number of hydrogen-bond acceptors (Lipinski definition) is 3. The summed E-state index contributed by atoms with van der Waals surface area (Å²) in [6, 6.07) is 3.58. The molecule has 1 aromatic carbocycles. The molecule has 0 aliphatic carbocycles. The quantitative estimate of drug-likeness (QED) is 0.650. The predicted octanol–water partition coefficient (Wildman–Crippen LogP) is 1.42. The standard InChI is InChI=1S/C15H22N2O3/c1-11-8-13(9-12(2)15(11)19)16-14(18)10-17(3)4-6-20-7-5-17/h8-9H,4-7,10H2,1-3H3,(H-,16,18,19)/p+1. The number of benzene rings is 1. The number of carbonyl (C=O) groups is 1. The van der Waals surface area contributed by atoms with Crippen LogP contribution in [0.4, 0.5) is 5.69 Å². The number of quaternary nitrogens is 1. The minimum absolute atomic E-state index is 0.00103. The van der Waals surface area contributed by atoms with Gasteiger partial charge in [0.25, 0.3) is 5.91 Å². The Labute approximate surface area is 119 Å². The van der Waals surface area contributed by atoms with Gasteiger partial charge in [-0.3, -0.25) is 4.79 Å². The number of phenolic OH excluding ortho intramolecular Hbond substituents is 1. The molecular weight excluding hydrogens is 256 g/mol. The molecule has 110 valence electrons. The number of carbonyl (C=O) groups excluding carboxylic acids is 1. The molecule has 1 saturated heterocycles. The van der Waals surface area contributed by atoms with Gasteiger partial charge in [0.2, 0.25) is 0 Å². The number of amides is 1. The number of phenols is 1. The van der Waals surface area contributed by atoms with E-state index in [2.05, 4.69) is 12.4 Å². The zero-order valence-electron chi connectivity index (χ0n) is 12.4. The first kappa shape index (κ1) is 14.8. The first-order valence-corrected chi connectivity index (χ1v) is 6.91. The van der Waals surface area contributed by atoms with Gasteiger partial charge < -0.3 is 19.6 Å². The molecule has 1 amide bonds. The van der Waals surface area contributed by atoms with Crippen LogP contribution in [0.2, 0.25) is 0 Å². The first-order valence-electron chi connectivity index (χ1n) is 6.91. The second-order valence-electron chi connectivity index (χ2n) is 5.84. The number of nitrogens with one attached hydrogen (secondary N) is 1. The van der Waals surface area contributed by atoms with Crippen LogP contribution < -0.4 is 5.32 Å². The number of aromatic hydroxyl groups is 1.